The van der Waals surface area contributed by atoms with E-state index in [2.05, 4.69) is 15.5 Å². The molecule has 1 amide bonds. The number of ether oxygens (including phenoxy) is 1. The van der Waals surface area contributed by atoms with Crippen LogP contribution in [0.5, 0.6) is 0 Å². The number of hydrogen-bond acceptors (Lipinski definition) is 4. The Morgan fingerprint density at radius 2 is 2.29 bits per heavy atom. The van der Waals surface area contributed by atoms with Gasteiger partial charge in [-0.05, 0) is 13.0 Å². The van der Waals surface area contributed by atoms with Crippen LogP contribution in [0.4, 0.5) is 14.5 Å². The third kappa shape index (κ3) is 3.85. The van der Waals surface area contributed by atoms with Crippen molar-refractivity contribution in [1.82, 2.24) is 19.6 Å². The SMILES string of the molecule is COCn1cc(NC(=O)Cn2nc(C(F)F)cc2C)cn1. The molecule has 2 rings (SSSR count). The zero-order valence-corrected chi connectivity index (χ0v) is 11.6. The number of rotatable bonds is 6. The van der Waals surface area contributed by atoms with Crippen LogP contribution in [-0.4, -0.2) is 32.6 Å². The average molecular weight is 299 g/mol. The molecule has 0 unspecified atom stereocenters. The van der Waals surface area contributed by atoms with Gasteiger partial charge in [0.15, 0.2) is 0 Å². The minimum Gasteiger partial charge on any atom is -0.362 e. The molecule has 0 radical (unpaired) electrons. The maximum Gasteiger partial charge on any atom is 0.282 e. The van der Waals surface area contributed by atoms with Crippen LogP contribution in [-0.2, 0) is 22.8 Å². The van der Waals surface area contributed by atoms with Gasteiger partial charge in [0.1, 0.15) is 19.0 Å². The summed E-state index contributed by atoms with van der Waals surface area (Å²) in [5.74, 6) is -0.376. The molecule has 0 saturated carbocycles. The van der Waals surface area contributed by atoms with Gasteiger partial charge in [0.2, 0.25) is 5.91 Å². The lowest BCUT2D eigenvalue weighted by atomic mass is 10.4. The van der Waals surface area contributed by atoms with Crippen molar-refractivity contribution in [3.05, 3.63) is 29.8 Å². The van der Waals surface area contributed by atoms with Crippen LogP contribution in [0.15, 0.2) is 18.5 Å². The van der Waals surface area contributed by atoms with Crippen molar-refractivity contribution >= 4 is 11.6 Å². The molecule has 2 aromatic rings. The van der Waals surface area contributed by atoms with Crippen molar-refractivity contribution in [2.45, 2.75) is 26.6 Å². The van der Waals surface area contributed by atoms with E-state index in [-0.39, 0.29) is 24.9 Å². The lowest BCUT2D eigenvalue weighted by Gasteiger charge is -2.04. The second-order valence-corrected chi connectivity index (χ2v) is 4.40. The minimum absolute atomic E-state index is 0.145. The summed E-state index contributed by atoms with van der Waals surface area (Å²) in [6.07, 6.45) is 0.416. The molecule has 0 saturated heterocycles. The van der Waals surface area contributed by atoms with Crippen molar-refractivity contribution in [2.24, 2.45) is 0 Å². The topological polar surface area (TPSA) is 74.0 Å². The van der Waals surface area contributed by atoms with Crippen molar-refractivity contribution < 1.29 is 18.3 Å². The normalized spacial score (nSPS) is 11.1. The van der Waals surface area contributed by atoms with Gasteiger partial charge >= 0.3 is 0 Å². The van der Waals surface area contributed by atoms with Crippen LogP contribution < -0.4 is 5.32 Å². The molecule has 7 nitrogen and oxygen atoms in total. The summed E-state index contributed by atoms with van der Waals surface area (Å²) in [7, 11) is 1.53. The Morgan fingerprint density at radius 3 is 2.90 bits per heavy atom. The maximum absolute atomic E-state index is 12.5. The zero-order chi connectivity index (χ0) is 15.4. The van der Waals surface area contributed by atoms with Gasteiger partial charge in [0.05, 0.1) is 18.1 Å². The number of anilines is 1. The van der Waals surface area contributed by atoms with Gasteiger partial charge in [-0.1, -0.05) is 0 Å². The smallest absolute Gasteiger partial charge is 0.282 e. The van der Waals surface area contributed by atoms with Crippen molar-refractivity contribution in [1.29, 1.82) is 0 Å². The molecule has 0 spiro atoms. The first kappa shape index (κ1) is 15.1. The summed E-state index contributed by atoms with van der Waals surface area (Å²) < 4.78 is 32.7. The predicted molar refractivity (Wildman–Crippen MR) is 69.8 cm³/mol. The Hall–Kier alpha value is -2.29. The van der Waals surface area contributed by atoms with Gasteiger partial charge in [0, 0.05) is 12.8 Å². The zero-order valence-electron chi connectivity index (χ0n) is 11.6. The molecule has 0 aliphatic heterocycles. The Labute approximate surface area is 119 Å². The Bertz CT molecular complexity index is 623. The van der Waals surface area contributed by atoms with E-state index in [1.807, 2.05) is 0 Å². The molecule has 0 aliphatic rings. The molecule has 0 fully saturated rings. The van der Waals surface area contributed by atoms with E-state index in [4.69, 9.17) is 4.74 Å². The second kappa shape index (κ2) is 6.44. The fraction of sp³-hybridized carbons (Fsp3) is 0.417. The first-order valence-electron chi connectivity index (χ1n) is 6.13. The summed E-state index contributed by atoms with van der Waals surface area (Å²) in [6.45, 7) is 1.74. The summed E-state index contributed by atoms with van der Waals surface area (Å²) in [6, 6.07) is 1.26. The molecule has 0 aromatic carbocycles. The quantitative estimate of drug-likeness (QED) is 0.878. The molecular weight excluding hydrogens is 284 g/mol. The van der Waals surface area contributed by atoms with Crippen LogP contribution in [0.3, 0.4) is 0 Å². The first-order valence-corrected chi connectivity index (χ1v) is 6.13. The van der Waals surface area contributed by atoms with Gasteiger partial charge in [-0.15, -0.1) is 0 Å². The van der Waals surface area contributed by atoms with Crippen LogP contribution >= 0.6 is 0 Å². The number of hydrogen-bond donors (Lipinski definition) is 1. The van der Waals surface area contributed by atoms with Crippen LogP contribution in [0.2, 0.25) is 0 Å². The number of nitrogens with zero attached hydrogens (tertiary/aromatic N) is 4. The first-order chi connectivity index (χ1) is 9.99. The van der Waals surface area contributed by atoms with E-state index >= 15 is 0 Å². The molecule has 0 atom stereocenters. The van der Waals surface area contributed by atoms with Gasteiger partial charge < -0.3 is 10.1 Å². The van der Waals surface area contributed by atoms with Crippen molar-refractivity contribution in [3.8, 4) is 0 Å². The van der Waals surface area contributed by atoms with Crippen molar-refractivity contribution in [3.63, 3.8) is 0 Å². The molecule has 2 aromatic heterocycles. The third-order valence-electron chi connectivity index (χ3n) is 2.70. The highest BCUT2D eigenvalue weighted by atomic mass is 19.3. The van der Waals surface area contributed by atoms with Gasteiger partial charge in [-0.3, -0.25) is 9.48 Å². The Balaban J connectivity index is 1.97. The average Bonchev–Trinajstić information content (AvgIpc) is 2.98. The minimum atomic E-state index is -2.65. The Morgan fingerprint density at radius 1 is 1.52 bits per heavy atom. The van der Waals surface area contributed by atoms with Gasteiger partial charge in [-0.2, -0.15) is 10.2 Å². The number of carbonyl (C=O) groups excluding carboxylic acids is 1. The molecule has 9 heteroatoms. The fourth-order valence-electron chi connectivity index (χ4n) is 1.77. The van der Waals surface area contributed by atoms with Gasteiger partial charge in [0.25, 0.3) is 6.43 Å². The van der Waals surface area contributed by atoms with Gasteiger partial charge in [-0.25, -0.2) is 13.5 Å². The highest BCUT2D eigenvalue weighted by Gasteiger charge is 2.15. The number of methoxy groups -OCH3 is 1. The van der Waals surface area contributed by atoms with Crippen LogP contribution in [0, 0.1) is 6.92 Å². The van der Waals surface area contributed by atoms with E-state index in [1.54, 1.807) is 13.1 Å². The fourth-order valence-corrected chi connectivity index (χ4v) is 1.77. The van der Waals surface area contributed by atoms with E-state index in [0.29, 0.717) is 11.4 Å². The molecule has 0 aliphatic carbocycles. The van der Waals surface area contributed by atoms with Crippen molar-refractivity contribution in [2.75, 3.05) is 12.4 Å². The van der Waals surface area contributed by atoms with Crippen LogP contribution in [0.25, 0.3) is 0 Å². The van der Waals surface area contributed by atoms with Crippen LogP contribution in [0.1, 0.15) is 17.8 Å². The van der Waals surface area contributed by atoms with E-state index in [1.165, 1.54) is 28.7 Å². The number of aromatic nitrogens is 4. The second-order valence-electron chi connectivity index (χ2n) is 4.40. The van der Waals surface area contributed by atoms with E-state index < -0.39 is 6.43 Å². The largest absolute Gasteiger partial charge is 0.362 e. The summed E-state index contributed by atoms with van der Waals surface area (Å²) >= 11 is 0. The summed E-state index contributed by atoms with van der Waals surface area (Å²) in [5, 5.41) is 10.3. The molecule has 0 bridgehead atoms. The summed E-state index contributed by atoms with van der Waals surface area (Å²) in [5.41, 5.74) is 0.652. The monoisotopic (exact) mass is 299 g/mol. The number of nitrogens with one attached hydrogen (secondary N) is 1. The predicted octanol–water partition coefficient (Wildman–Crippen LogP) is 1.57. The highest BCUT2D eigenvalue weighted by molar-refractivity contribution is 5.90. The molecule has 114 valence electrons. The number of carbonyl (C=O) groups is 1. The highest BCUT2D eigenvalue weighted by Crippen LogP contribution is 2.17. The summed E-state index contributed by atoms with van der Waals surface area (Å²) in [4.78, 5) is 11.9. The lowest BCUT2D eigenvalue weighted by molar-refractivity contribution is -0.117. The van der Waals surface area contributed by atoms with E-state index in [0.717, 1.165) is 0 Å². The molecule has 21 heavy (non-hydrogen) atoms. The number of aryl methyl sites for hydroxylation is 1. The maximum atomic E-state index is 12.5. The third-order valence-corrected chi connectivity index (χ3v) is 2.70. The standard InChI is InChI=1S/C12H15F2N5O2/c1-8-3-10(12(13)14)17-19(8)6-11(20)16-9-4-15-18(5-9)7-21-2/h3-5,12H,6-7H2,1-2H3,(H,16,20). The molecule has 2 heterocycles. The number of halogens is 2. The lowest BCUT2D eigenvalue weighted by Crippen LogP contribution is -2.20. The number of amides is 1. The number of alkyl halides is 2. The Kier molecular flexibility index (Phi) is 4.63. The molecular formula is C12H15F2N5O2. The molecule has 1 N–H and O–H groups in total. The van der Waals surface area contributed by atoms with E-state index in [9.17, 15) is 13.6 Å².